The molecule has 3 heteroatoms. The van der Waals surface area contributed by atoms with E-state index in [4.69, 9.17) is 0 Å². The summed E-state index contributed by atoms with van der Waals surface area (Å²) in [5.41, 5.74) is 16.3. The number of nitrogens with zero attached hydrogens (tertiary/aromatic N) is 2. The zero-order valence-corrected chi connectivity index (χ0v) is 35.2. The molecule has 10 aromatic carbocycles. The number of benzene rings is 10. The lowest BCUT2D eigenvalue weighted by Gasteiger charge is -2.30. The van der Waals surface area contributed by atoms with Crippen LogP contribution in [0.25, 0.3) is 92.2 Å². The summed E-state index contributed by atoms with van der Waals surface area (Å²) in [6, 6.07) is 88.5. The van der Waals surface area contributed by atoms with Gasteiger partial charge in [0.2, 0.25) is 0 Å². The summed E-state index contributed by atoms with van der Waals surface area (Å²) in [7, 11) is 0. The molecule has 2 heterocycles. The van der Waals surface area contributed by atoms with Crippen LogP contribution in [-0.4, -0.2) is 4.57 Å². The molecular formula is C60H40N2S. The molecule has 2 aromatic heterocycles. The monoisotopic (exact) mass is 820 g/mol. The van der Waals surface area contributed by atoms with Gasteiger partial charge in [-0.2, -0.15) is 0 Å². The third kappa shape index (κ3) is 6.41. The van der Waals surface area contributed by atoms with Crippen LogP contribution in [0, 0.1) is 0 Å². The van der Waals surface area contributed by atoms with E-state index in [-0.39, 0.29) is 0 Å². The van der Waals surface area contributed by atoms with Gasteiger partial charge in [-0.25, -0.2) is 0 Å². The Labute approximate surface area is 370 Å². The first kappa shape index (κ1) is 36.8. The van der Waals surface area contributed by atoms with Crippen molar-refractivity contribution < 1.29 is 0 Å². The molecule has 296 valence electrons. The summed E-state index contributed by atoms with van der Waals surface area (Å²) in [5.74, 6) is 0. The highest BCUT2D eigenvalue weighted by Gasteiger charge is 2.24. The van der Waals surface area contributed by atoms with E-state index in [0.717, 1.165) is 28.3 Å². The van der Waals surface area contributed by atoms with Gasteiger partial charge in [0.15, 0.2) is 0 Å². The van der Waals surface area contributed by atoms with Gasteiger partial charge < -0.3 is 9.47 Å². The highest BCUT2D eigenvalue weighted by molar-refractivity contribution is 7.25. The summed E-state index contributed by atoms with van der Waals surface area (Å²) >= 11 is 1.86. The molecule has 0 N–H and O–H groups in total. The quantitative estimate of drug-likeness (QED) is 0.148. The van der Waals surface area contributed by atoms with Gasteiger partial charge in [0, 0.05) is 53.6 Å². The van der Waals surface area contributed by atoms with Crippen LogP contribution in [0.5, 0.6) is 0 Å². The maximum atomic E-state index is 2.47. The standard InChI is InChI=1S/C60H40N2S/c1-4-17-42(18-5-1)48-23-10-11-26-54(48)60-49(43-19-6-2-7-20-43)27-16-29-56(60)61(47-36-38-53-52-25-13-15-30-58(52)63-59(53)40-47)46-34-31-41(32-35-46)44-33-37-51-50-24-12-14-28-55(50)62(57(51)39-44)45-21-8-3-9-22-45/h1-40H. The normalized spacial score (nSPS) is 11.5. The van der Waals surface area contributed by atoms with Crippen molar-refractivity contribution in [2.75, 3.05) is 4.90 Å². The van der Waals surface area contributed by atoms with E-state index in [0.29, 0.717) is 0 Å². The molecule has 0 atom stereocenters. The first-order valence-electron chi connectivity index (χ1n) is 21.5. The molecule has 0 bridgehead atoms. The van der Waals surface area contributed by atoms with E-state index in [1.165, 1.54) is 80.9 Å². The molecule has 0 unspecified atom stereocenters. The van der Waals surface area contributed by atoms with E-state index >= 15 is 0 Å². The van der Waals surface area contributed by atoms with Crippen molar-refractivity contribution in [3.8, 4) is 50.2 Å². The van der Waals surface area contributed by atoms with Crippen LogP contribution in [0.4, 0.5) is 17.1 Å². The Morgan fingerprint density at radius 1 is 0.317 bits per heavy atom. The number of anilines is 3. The van der Waals surface area contributed by atoms with Crippen LogP contribution in [0.1, 0.15) is 0 Å². The van der Waals surface area contributed by atoms with Gasteiger partial charge in [-0.1, -0.05) is 182 Å². The zero-order valence-electron chi connectivity index (χ0n) is 34.4. The second kappa shape index (κ2) is 15.5. The molecule has 0 saturated carbocycles. The molecule has 0 amide bonds. The number of hydrogen-bond acceptors (Lipinski definition) is 2. The average Bonchev–Trinajstić information content (AvgIpc) is 3.90. The van der Waals surface area contributed by atoms with Crippen LogP contribution >= 0.6 is 11.3 Å². The number of fused-ring (bicyclic) bond motifs is 6. The van der Waals surface area contributed by atoms with Crippen molar-refractivity contribution >= 4 is 70.4 Å². The van der Waals surface area contributed by atoms with E-state index < -0.39 is 0 Å². The Kier molecular flexibility index (Phi) is 9.06. The van der Waals surface area contributed by atoms with Crippen LogP contribution in [0.3, 0.4) is 0 Å². The number of rotatable bonds is 8. The Hall–Kier alpha value is -7.98. The van der Waals surface area contributed by atoms with Crippen LogP contribution in [0.2, 0.25) is 0 Å². The number of hydrogen-bond donors (Lipinski definition) is 0. The topological polar surface area (TPSA) is 8.17 Å². The molecule has 2 nitrogen and oxygen atoms in total. The number of para-hydroxylation sites is 2. The van der Waals surface area contributed by atoms with Gasteiger partial charge in [0.1, 0.15) is 0 Å². The summed E-state index contributed by atoms with van der Waals surface area (Å²) in [6.45, 7) is 0. The second-order valence-corrected chi connectivity index (χ2v) is 17.1. The predicted molar refractivity (Wildman–Crippen MR) is 270 cm³/mol. The maximum Gasteiger partial charge on any atom is 0.0547 e. The molecule has 0 aliphatic heterocycles. The molecule has 0 spiro atoms. The van der Waals surface area contributed by atoms with Crippen molar-refractivity contribution in [1.29, 1.82) is 0 Å². The Bertz CT molecular complexity index is 3600. The Morgan fingerprint density at radius 2 is 0.873 bits per heavy atom. The fraction of sp³-hybridized carbons (Fsp3) is 0. The minimum atomic E-state index is 1.09. The molecule has 0 aliphatic rings. The SMILES string of the molecule is c1ccc(-c2ccccc2-c2c(-c3ccccc3)cccc2N(c2ccc(-c3ccc4c5ccccc5n(-c5ccccc5)c4c3)cc2)c2ccc3c(c2)sc2ccccc23)cc1. The third-order valence-electron chi connectivity index (χ3n) is 12.4. The minimum Gasteiger partial charge on any atom is -0.310 e. The zero-order chi connectivity index (χ0) is 41.7. The van der Waals surface area contributed by atoms with Gasteiger partial charge in [-0.3, -0.25) is 0 Å². The lowest BCUT2D eigenvalue weighted by atomic mass is 9.87. The highest BCUT2D eigenvalue weighted by atomic mass is 32.1. The van der Waals surface area contributed by atoms with Crippen molar-refractivity contribution in [2.45, 2.75) is 0 Å². The lowest BCUT2D eigenvalue weighted by molar-refractivity contribution is 1.18. The van der Waals surface area contributed by atoms with Gasteiger partial charge >= 0.3 is 0 Å². The van der Waals surface area contributed by atoms with E-state index in [2.05, 4.69) is 252 Å². The average molecular weight is 821 g/mol. The minimum absolute atomic E-state index is 1.09. The first-order chi connectivity index (χ1) is 31.3. The Balaban J connectivity index is 1.07. The lowest BCUT2D eigenvalue weighted by Crippen LogP contribution is -2.12. The molecule has 0 aliphatic carbocycles. The van der Waals surface area contributed by atoms with Crippen molar-refractivity contribution in [1.82, 2.24) is 4.57 Å². The van der Waals surface area contributed by atoms with Crippen LogP contribution in [0.15, 0.2) is 243 Å². The van der Waals surface area contributed by atoms with Gasteiger partial charge in [0.05, 0.1) is 16.7 Å². The van der Waals surface area contributed by atoms with Crippen molar-refractivity contribution in [3.05, 3.63) is 243 Å². The number of aromatic nitrogens is 1. The number of thiophene rings is 1. The smallest absolute Gasteiger partial charge is 0.0547 e. The molecule has 12 aromatic rings. The van der Waals surface area contributed by atoms with E-state index in [9.17, 15) is 0 Å². The van der Waals surface area contributed by atoms with Crippen molar-refractivity contribution in [3.63, 3.8) is 0 Å². The first-order valence-corrected chi connectivity index (χ1v) is 22.3. The molecule has 63 heavy (non-hydrogen) atoms. The third-order valence-corrected chi connectivity index (χ3v) is 13.6. The molecule has 0 fully saturated rings. The van der Waals surface area contributed by atoms with E-state index in [1.54, 1.807) is 0 Å². The van der Waals surface area contributed by atoms with Gasteiger partial charge in [-0.05, 0) is 99.6 Å². The van der Waals surface area contributed by atoms with Crippen LogP contribution in [-0.2, 0) is 0 Å². The highest BCUT2D eigenvalue weighted by Crippen LogP contribution is 2.49. The fourth-order valence-electron chi connectivity index (χ4n) is 9.53. The largest absolute Gasteiger partial charge is 0.310 e. The van der Waals surface area contributed by atoms with Gasteiger partial charge in [-0.15, -0.1) is 11.3 Å². The molecule has 0 saturated heterocycles. The summed E-state index contributed by atoms with van der Waals surface area (Å²) in [4.78, 5) is 2.47. The van der Waals surface area contributed by atoms with Crippen molar-refractivity contribution in [2.24, 2.45) is 0 Å². The molecule has 12 rings (SSSR count). The molecular weight excluding hydrogens is 781 g/mol. The van der Waals surface area contributed by atoms with Crippen LogP contribution < -0.4 is 4.90 Å². The van der Waals surface area contributed by atoms with Gasteiger partial charge in [0.25, 0.3) is 0 Å². The summed E-state index contributed by atoms with van der Waals surface area (Å²) < 4.78 is 4.96. The summed E-state index contributed by atoms with van der Waals surface area (Å²) in [5, 5.41) is 5.09. The Morgan fingerprint density at radius 3 is 1.65 bits per heavy atom. The molecule has 0 radical (unpaired) electrons. The fourth-order valence-corrected chi connectivity index (χ4v) is 10.7. The maximum absolute atomic E-state index is 2.47. The summed E-state index contributed by atoms with van der Waals surface area (Å²) in [6.07, 6.45) is 0. The second-order valence-electron chi connectivity index (χ2n) is 16.1. The predicted octanol–water partition coefficient (Wildman–Crippen LogP) is 17.3. The van der Waals surface area contributed by atoms with E-state index in [1.807, 2.05) is 11.3 Å².